The van der Waals surface area contributed by atoms with E-state index < -0.39 is 34.0 Å². The van der Waals surface area contributed by atoms with Crippen LogP contribution in [0.25, 0.3) is 0 Å². The number of alkyl carbamates (subject to hydrolysis) is 1. The van der Waals surface area contributed by atoms with Crippen LogP contribution in [-0.4, -0.2) is 51.7 Å². The van der Waals surface area contributed by atoms with Crippen molar-refractivity contribution in [1.82, 2.24) is 5.32 Å². The van der Waals surface area contributed by atoms with Crippen molar-refractivity contribution in [2.24, 2.45) is 0 Å². The third-order valence-corrected chi connectivity index (χ3v) is 2.89. The van der Waals surface area contributed by atoms with Gasteiger partial charge >= 0.3 is 6.09 Å². The fraction of sp³-hybridized carbons (Fsp3) is 0.909. The zero-order valence-corrected chi connectivity index (χ0v) is 12.5. The van der Waals surface area contributed by atoms with E-state index in [9.17, 15) is 13.2 Å². The zero-order chi connectivity index (χ0) is 14.7. The van der Waals surface area contributed by atoms with Crippen LogP contribution >= 0.6 is 0 Å². The highest BCUT2D eigenvalue weighted by molar-refractivity contribution is 7.86. The van der Waals surface area contributed by atoms with E-state index in [1.54, 1.807) is 20.8 Å². The largest absolute Gasteiger partial charge is 0.444 e. The number of nitrogens with one attached hydrogen (secondary N) is 1. The fourth-order valence-corrected chi connectivity index (χ4v) is 2.33. The summed E-state index contributed by atoms with van der Waals surface area (Å²) in [6.07, 6.45) is 0.127. The van der Waals surface area contributed by atoms with Gasteiger partial charge in [-0.15, -0.1) is 0 Å². The van der Waals surface area contributed by atoms with Gasteiger partial charge < -0.3 is 14.8 Å². The van der Waals surface area contributed by atoms with Gasteiger partial charge in [0, 0.05) is 13.0 Å². The van der Waals surface area contributed by atoms with Crippen molar-refractivity contribution in [2.75, 3.05) is 19.5 Å². The number of ether oxygens (including phenoxy) is 2. The number of carbonyl (C=O) groups excluding carboxylic acids is 1. The van der Waals surface area contributed by atoms with Gasteiger partial charge in [-0.25, -0.2) is 4.79 Å². The van der Waals surface area contributed by atoms with Crippen LogP contribution in [0.4, 0.5) is 4.79 Å². The molecular formula is C11H21NO6S. The van der Waals surface area contributed by atoms with Gasteiger partial charge in [0.1, 0.15) is 11.7 Å². The van der Waals surface area contributed by atoms with Crippen molar-refractivity contribution >= 4 is 16.2 Å². The van der Waals surface area contributed by atoms with Crippen LogP contribution in [0.2, 0.25) is 0 Å². The van der Waals surface area contributed by atoms with Crippen molar-refractivity contribution < 1.29 is 26.9 Å². The Morgan fingerprint density at radius 2 is 2.00 bits per heavy atom. The molecule has 0 aromatic heterocycles. The maximum absolute atomic E-state index is 11.6. The Kier molecular flexibility index (Phi) is 5.17. The lowest BCUT2D eigenvalue weighted by Crippen LogP contribution is -2.52. The van der Waals surface area contributed by atoms with Crippen LogP contribution in [-0.2, 0) is 23.8 Å². The first kappa shape index (κ1) is 16.2. The van der Waals surface area contributed by atoms with Gasteiger partial charge in [0.25, 0.3) is 10.1 Å². The predicted molar refractivity (Wildman–Crippen MR) is 68.3 cm³/mol. The van der Waals surface area contributed by atoms with Crippen molar-refractivity contribution in [3.05, 3.63) is 0 Å². The van der Waals surface area contributed by atoms with E-state index >= 15 is 0 Å². The highest BCUT2D eigenvalue weighted by atomic mass is 32.2. The molecule has 1 aliphatic heterocycles. The Hall–Kier alpha value is -0.860. The van der Waals surface area contributed by atoms with Gasteiger partial charge in [0.15, 0.2) is 0 Å². The summed E-state index contributed by atoms with van der Waals surface area (Å²) in [5, 5.41) is 2.57. The molecule has 19 heavy (non-hydrogen) atoms. The van der Waals surface area contributed by atoms with Crippen molar-refractivity contribution in [1.29, 1.82) is 0 Å². The van der Waals surface area contributed by atoms with Crippen LogP contribution < -0.4 is 5.32 Å². The average molecular weight is 295 g/mol. The molecule has 1 amide bonds. The summed E-state index contributed by atoms with van der Waals surface area (Å²) in [6, 6.07) is -0.543. The molecule has 0 unspecified atom stereocenters. The summed E-state index contributed by atoms with van der Waals surface area (Å²) in [6.45, 7) is 5.82. The second-order valence-electron chi connectivity index (χ2n) is 5.46. The molecule has 0 radical (unpaired) electrons. The normalized spacial score (nSPS) is 24.8. The smallest absolute Gasteiger partial charge is 0.408 e. The lowest BCUT2D eigenvalue weighted by atomic mass is 10.1. The summed E-state index contributed by atoms with van der Waals surface area (Å²) >= 11 is 0. The highest BCUT2D eigenvalue weighted by Gasteiger charge is 2.32. The minimum Gasteiger partial charge on any atom is -0.444 e. The molecule has 0 bridgehead atoms. The molecule has 0 aromatic rings. The highest BCUT2D eigenvalue weighted by Crippen LogP contribution is 2.15. The molecule has 7 nitrogen and oxygen atoms in total. The number of rotatable bonds is 3. The minimum absolute atomic E-state index is 0.194. The molecule has 112 valence electrons. The number of hydrogen-bond donors (Lipinski definition) is 1. The molecule has 1 rings (SSSR count). The fourth-order valence-electron chi connectivity index (χ4n) is 1.65. The quantitative estimate of drug-likeness (QED) is 0.769. The van der Waals surface area contributed by atoms with E-state index in [2.05, 4.69) is 5.32 Å². The van der Waals surface area contributed by atoms with Crippen LogP contribution in [0.1, 0.15) is 27.2 Å². The summed E-state index contributed by atoms with van der Waals surface area (Å²) < 4.78 is 37.6. The van der Waals surface area contributed by atoms with Crippen LogP contribution in [0.15, 0.2) is 0 Å². The first-order chi connectivity index (χ1) is 8.57. The van der Waals surface area contributed by atoms with Crippen LogP contribution in [0, 0.1) is 0 Å². The lowest BCUT2D eigenvalue weighted by Gasteiger charge is -2.31. The number of amides is 1. The van der Waals surface area contributed by atoms with Crippen molar-refractivity contribution in [3.63, 3.8) is 0 Å². The van der Waals surface area contributed by atoms with Gasteiger partial charge in [0.2, 0.25) is 0 Å². The Bertz CT molecular complexity index is 413. The topological polar surface area (TPSA) is 90.9 Å². The van der Waals surface area contributed by atoms with Gasteiger partial charge in [-0.1, -0.05) is 0 Å². The lowest BCUT2D eigenvalue weighted by molar-refractivity contribution is -0.00894. The molecular weight excluding hydrogens is 274 g/mol. The second-order valence-corrected chi connectivity index (χ2v) is 7.06. The molecule has 0 spiro atoms. The van der Waals surface area contributed by atoms with E-state index in [1.807, 2.05) is 0 Å². The van der Waals surface area contributed by atoms with E-state index in [0.717, 1.165) is 6.26 Å². The van der Waals surface area contributed by atoms with Gasteiger partial charge in [-0.05, 0) is 20.8 Å². The molecule has 0 aromatic carbocycles. The van der Waals surface area contributed by atoms with E-state index in [0.29, 0.717) is 13.0 Å². The first-order valence-electron chi connectivity index (χ1n) is 6.02. The van der Waals surface area contributed by atoms with Gasteiger partial charge in [0.05, 0.1) is 18.9 Å². The summed E-state index contributed by atoms with van der Waals surface area (Å²) in [7, 11) is -3.58. The molecule has 2 atom stereocenters. The van der Waals surface area contributed by atoms with Crippen LogP contribution in [0.3, 0.4) is 0 Å². The predicted octanol–water partition coefficient (Wildman–Crippen LogP) is 0.645. The Morgan fingerprint density at radius 1 is 1.37 bits per heavy atom. The molecule has 1 aliphatic rings. The molecule has 1 fully saturated rings. The number of carbonyl (C=O) groups is 1. The molecule has 1 saturated heterocycles. The maximum atomic E-state index is 11.6. The van der Waals surface area contributed by atoms with E-state index in [-0.39, 0.29) is 6.61 Å². The Balaban J connectivity index is 2.60. The molecule has 0 saturated carbocycles. The van der Waals surface area contributed by atoms with E-state index in [1.165, 1.54) is 0 Å². The molecule has 1 heterocycles. The third kappa shape index (κ3) is 6.74. The monoisotopic (exact) mass is 295 g/mol. The second kappa shape index (κ2) is 6.06. The maximum Gasteiger partial charge on any atom is 0.408 e. The van der Waals surface area contributed by atoms with Crippen molar-refractivity contribution in [2.45, 2.75) is 44.9 Å². The SMILES string of the molecule is CC(C)(C)OC(=O)N[C@@H]1COCC[C@@H]1OS(C)(=O)=O. The summed E-state index contributed by atoms with van der Waals surface area (Å²) in [5.74, 6) is 0. The molecule has 0 aliphatic carbocycles. The van der Waals surface area contributed by atoms with Gasteiger partial charge in [-0.3, -0.25) is 4.18 Å². The van der Waals surface area contributed by atoms with Gasteiger partial charge in [-0.2, -0.15) is 8.42 Å². The van der Waals surface area contributed by atoms with Crippen molar-refractivity contribution in [3.8, 4) is 0 Å². The van der Waals surface area contributed by atoms with Crippen LogP contribution in [0.5, 0.6) is 0 Å². The summed E-state index contributed by atoms with van der Waals surface area (Å²) in [4.78, 5) is 11.6. The third-order valence-electron chi connectivity index (χ3n) is 2.29. The summed E-state index contributed by atoms with van der Waals surface area (Å²) in [5.41, 5.74) is -0.618. The Morgan fingerprint density at radius 3 is 2.53 bits per heavy atom. The molecule has 1 N–H and O–H groups in total. The standard InChI is InChI=1S/C11H21NO6S/c1-11(2,3)17-10(13)12-8-7-16-6-5-9(8)18-19(4,14)15/h8-9H,5-7H2,1-4H3,(H,12,13)/t8-,9+/m1/s1. The number of hydrogen-bond acceptors (Lipinski definition) is 6. The zero-order valence-electron chi connectivity index (χ0n) is 11.6. The average Bonchev–Trinajstić information content (AvgIpc) is 2.15. The van der Waals surface area contributed by atoms with E-state index in [4.69, 9.17) is 13.7 Å². The molecule has 8 heteroatoms. The Labute approximate surface area is 113 Å². The minimum atomic E-state index is -3.58. The first-order valence-corrected chi connectivity index (χ1v) is 7.84.